The first-order valence-electron chi connectivity index (χ1n) is 25.5. The molecule has 6 aromatic rings. The van der Waals surface area contributed by atoms with Gasteiger partial charge >= 0.3 is 0 Å². The molecule has 0 aliphatic carbocycles. The quantitative estimate of drug-likeness (QED) is 0.107. The lowest BCUT2D eigenvalue weighted by atomic mass is 10.1. The number of amides is 3. The highest BCUT2D eigenvalue weighted by Gasteiger charge is 2.39. The highest BCUT2D eigenvalue weighted by Crippen LogP contribution is 2.39. The molecule has 384 valence electrons. The van der Waals surface area contributed by atoms with E-state index in [2.05, 4.69) is 10.6 Å². The third-order valence-electron chi connectivity index (χ3n) is 13.9. The largest absolute Gasteiger partial charge is 0.485 e. The van der Waals surface area contributed by atoms with Crippen LogP contribution >= 0.6 is 0 Å². The Labute approximate surface area is 434 Å². The number of hydrogen-bond acceptors (Lipinski definition) is 13. The molecule has 5 aliphatic rings. The van der Waals surface area contributed by atoms with Crippen LogP contribution in [-0.4, -0.2) is 84.9 Å². The molecule has 2 N–H and O–H groups in total. The molecule has 3 amide bonds. The van der Waals surface area contributed by atoms with Gasteiger partial charge in [0.25, 0.3) is 11.8 Å². The summed E-state index contributed by atoms with van der Waals surface area (Å²) in [5.74, 6) is 2.65. The van der Waals surface area contributed by atoms with Crippen LogP contribution in [0, 0.1) is 0 Å². The highest BCUT2D eigenvalue weighted by molar-refractivity contribution is 6.02. The molecule has 0 radical (unpaired) electrons. The SMILES string of the molecule is C[C@H]1OC(c2cccc3c2OCc2ccccc2CO3)=N[C@@H]1C(=O)NCCCN(CCCNC(=O)c1cccc2c1OCc1ccccc1CO2)C(=O)[C@H]1N=C(c2cccc3c2OCc2ccccc2CO3)O[C@@H]1C. The molecule has 6 aromatic carbocycles. The van der Waals surface area contributed by atoms with Crippen LogP contribution in [0.25, 0.3) is 0 Å². The Morgan fingerprint density at radius 2 is 0.880 bits per heavy atom. The summed E-state index contributed by atoms with van der Waals surface area (Å²) in [6.07, 6.45) is -0.340. The van der Waals surface area contributed by atoms with E-state index in [0.717, 1.165) is 33.4 Å². The Hall–Kier alpha value is -8.53. The summed E-state index contributed by atoms with van der Waals surface area (Å²) in [7, 11) is 0. The van der Waals surface area contributed by atoms with Gasteiger partial charge in [0.15, 0.2) is 46.6 Å². The predicted molar refractivity (Wildman–Crippen MR) is 278 cm³/mol. The van der Waals surface area contributed by atoms with Crippen LogP contribution in [0.15, 0.2) is 137 Å². The first kappa shape index (κ1) is 48.7. The summed E-state index contributed by atoms with van der Waals surface area (Å²) in [4.78, 5) is 53.6. The van der Waals surface area contributed by atoms with Gasteiger partial charge in [-0.3, -0.25) is 14.4 Å². The van der Waals surface area contributed by atoms with Crippen molar-refractivity contribution in [2.45, 2.75) is 90.6 Å². The number of carbonyl (C=O) groups excluding carboxylic acids is 3. The molecule has 0 fully saturated rings. The topological polar surface area (TPSA) is 177 Å². The fraction of sp³-hybridized carbons (Fsp3) is 0.305. The summed E-state index contributed by atoms with van der Waals surface area (Å²) >= 11 is 0. The number of hydrogen-bond donors (Lipinski definition) is 2. The minimum atomic E-state index is -0.882. The Bertz CT molecular complexity index is 3190. The van der Waals surface area contributed by atoms with Crippen molar-refractivity contribution in [2.24, 2.45) is 9.98 Å². The molecule has 0 saturated carbocycles. The molecule has 16 nitrogen and oxygen atoms in total. The van der Waals surface area contributed by atoms with Crippen molar-refractivity contribution in [3.05, 3.63) is 177 Å². The number of carbonyl (C=O) groups is 3. The third kappa shape index (κ3) is 10.5. The monoisotopic (exact) mass is 1010 g/mol. The maximum Gasteiger partial charge on any atom is 0.255 e. The smallest absolute Gasteiger partial charge is 0.255 e. The number of nitrogens with zero attached hydrogens (tertiary/aromatic N) is 3. The van der Waals surface area contributed by atoms with Crippen molar-refractivity contribution >= 4 is 29.5 Å². The minimum absolute atomic E-state index is 0.248. The van der Waals surface area contributed by atoms with Crippen LogP contribution in [0.5, 0.6) is 34.5 Å². The summed E-state index contributed by atoms with van der Waals surface area (Å²) in [6, 6.07) is 38.5. The Kier molecular flexibility index (Phi) is 14.2. The standard InChI is InChI=1S/C59H57N5O11/c1-36-50(62-57(74-36)45-21-10-24-48-53(45)72-34-42-18-7-4-15-39(42)31-69-48)56(66)61-27-13-29-64(28-12-26-60-55(65)44-20-9-23-47-52(44)71-33-41-17-6-3-14-38(41)30-68-47)59(67)51-37(2)75-58(63-51)46-22-11-25-49-54(46)73-35-43-19-8-5-16-40(43)32-70-49/h3-11,14-25,36-37,50-51H,12-13,26-35H2,1-2H3,(H,60,65)(H,61,66)/t36-,37-,50+,51+/m1/s1. The fourth-order valence-corrected chi connectivity index (χ4v) is 9.76. The molecule has 0 saturated heterocycles. The molecule has 4 atom stereocenters. The average Bonchev–Trinajstić information content (AvgIpc) is 4.01. The second-order valence-electron chi connectivity index (χ2n) is 18.9. The number of benzene rings is 6. The van der Waals surface area contributed by atoms with Gasteiger partial charge in [0, 0.05) is 26.2 Å². The fourth-order valence-electron chi connectivity index (χ4n) is 9.76. The van der Waals surface area contributed by atoms with Crippen molar-refractivity contribution < 1.29 is 52.3 Å². The minimum Gasteiger partial charge on any atom is -0.485 e. The molecule has 11 rings (SSSR count). The molecule has 0 aromatic heterocycles. The van der Waals surface area contributed by atoms with Crippen LogP contribution in [0.4, 0.5) is 0 Å². The molecular formula is C59H57N5O11. The summed E-state index contributed by atoms with van der Waals surface area (Å²) in [6.45, 7) is 6.77. The van der Waals surface area contributed by atoms with E-state index in [4.69, 9.17) is 47.9 Å². The van der Waals surface area contributed by atoms with Crippen molar-refractivity contribution in [3.8, 4) is 34.5 Å². The number of nitrogens with one attached hydrogen (secondary N) is 2. The Morgan fingerprint density at radius 3 is 1.37 bits per heavy atom. The summed E-state index contributed by atoms with van der Waals surface area (Å²) in [5.41, 5.74) is 7.66. The molecule has 0 unspecified atom stereocenters. The molecule has 0 bridgehead atoms. The Balaban J connectivity index is 0.762. The first-order valence-corrected chi connectivity index (χ1v) is 25.5. The van der Waals surface area contributed by atoms with Gasteiger partial charge in [-0.1, -0.05) is 91.0 Å². The van der Waals surface area contributed by atoms with Gasteiger partial charge in [0.05, 0.1) is 16.7 Å². The van der Waals surface area contributed by atoms with E-state index in [0.29, 0.717) is 110 Å². The molecule has 0 spiro atoms. The van der Waals surface area contributed by atoms with Crippen LogP contribution < -0.4 is 39.1 Å². The van der Waals surface area contributed by atoms with E-state index in [9.17, 15) is 14.4 Å². The lowest BCUT2D eigenvalue weighted by molar-refractivity contribution is -0.134. The summed E-state index contributed by atoms with van der Waals surface area (Å²) < 4.78 is 49.8. The van der Waals surface area contributed by atoms with E-state index in [-0.39, 0.29) is 49.8 Å². The Morgan fingerprint density at radius 1 is 0.480 bits per heavy atom. The van der Waals surface area contributed by atoms with Crippen molar-refractivity contribution in [1.82, 2.24) is 15.5 Å². The number of rotatable bonds is 13. The van der Waals surface area contributed by atoms with Crippen LogP contribution in [-0.2, 0) is 58.7 Å². The zero-order valence-electron chi connectivity index (χ0n) is 41.8. The lowest BCUT2D eigenvalue weighted by Crippen LogP contribution is -2.44. The number of para-hydroxylation sites is 3. The molecule has 16 heteroatoms. The third-order valence-corrected chi connectivity index (χ3v) is 13.9. The van der Waals surface area contributed by atoms with Gasteiger partial charge in [-0.15, -0.1) is 0 Å². The highest BCUT2D eigenvalue weighted by atomic mass is 16.5. The van der Waals surface area contributed by atoms with Crippen LogP contribution in [0.2, 0.25) is 0 Å². The first-order chi connectivity index (χ1) is 36.8. The molecule has 75 heavy (non-hydrogen) atoms. The predicted octanol–water partition coefficient (Wildman–Crippen LogP) is 8.02. The normalized spacial score (nSPS) is 18.9. The number of fused-ring (bicyclic) bond motifs is 6. The van der Waals surface area contributed by atoms with E-state index < -0.39 is 24.3 Å². The van der Waals surface area contributed by atoms with Gasteiger partial charge in [-0.2, -0.15) is 0 Å². The zero-order chi connectivity index (χ0) is 51.3. The second kappa shape index (κ2) is 21.9. The van der Waals surface area contributed by atoms with Crippen LogP contribution in [0.3, 0.4) is 0 Å². The number of ether oxygens (including phenoxy) is 8. The van der Waals surface area contributed by atoms with Crippen molar-refractivity contribution in [3.63, 3.8) is 0 Å². The second-order valence-corrected chi connectivity index (χ2v) is 18.9. The van der Waals surface area contributed by atoms with Gasteiger partial charge in [0.1, 0.15) is 51.8 Å². The van der Waals surface area contributed by atoms with Gasteiger partial charge in [-0.25, -0.2) is 9.98 Å². The van der Waals surface area contributed by atoms with E-state index in [1.807, 2.05) is 116 Å². The van der Waals surface area contributed by atoms with Crippen molar-refractivity contribution in [2.75, 3.05) is 26.2 Å². The van der Waals surface area contributed by atoms with Gasteiger partial charge < -0.3 is 53.4 Å². The molecule has 5 aliphatic heterocycles. The lowest BCUT2D eigenvalue weighted by Gasteiger charge is -2.26. The van der Waals surface area contributed by atoms with E-state index >= 15 is 0 Å². The average molecular weight is 1010 g/mol. The zero-order valence-corrected chi connectivity index (χ0v) is 41.8. The van der Waals surface area contributed by atoms with E-state index in [1.54, 1.807) is 30.0 Å². The van der Waals surface area contributed by atoms with Gasteiger partial charge in [0.2, 0.25) is 17.7 Å². The molecule has 5 heterocycles. The van der Waals surface area contributed by atoms with Gasteiger partial charge in [-0.05, 0) is 96.5 Å². The van der Waals surface area contributed by atoms with Crippen molar-refractivity contribution in [1.29, 1.82) is 0 Å². The molecular weight excluding hydrogens is 955 g/mol. The van der Waals surface area contributed by atoms with Crippen LogP contribution in [0.1, 0.15) is 81.6 Å². The summed E-state index contributed by atoms with van der Waals surface area (Å²) in [5, 5.41) is 6.05. The number of aliphatic imine (C=N–C) groups is 2. The maximum atomic E-state index is 14.7. The maximum absolute atomic E-state index is 14.7. The van der Waals surface area contributed by atoms with E-state index in [1.165, 1.54) is 0 Å².